The van der Waals surface area contributed by atoms with Crippen LogP contribution in [0.1, 0.15) is 17.3 Å². The first-order valence-electron chi connectivity index (χ1n) is 9.32. The molecular weight excluding hydrogens is 417 g/mol. The molecule has 1 aliphatic rings. The van der Waals surface area contributed by atoms with Gasteiger partial charge in [0.25, 0.3) is 0 Å². The number of nitrogens with zero attached hydrogens (tertiary/aromatic N) is 3. The molecule has 0 bridgehead atoms. The van der Waals surface area contributed by atoms with Gasteiger partial charge in [0.1, 0.15) is 11.4 Å². The third kappa shape index (κ3) is 3.46. The van der Waals surface area contributed by atoms with Crippen LogP contribution in [-0.2, 0) is 4.74 Å². The van der Waals surface area contributed by atoms with Crippen LogP contribution in [0.2, 0.25) is 0 Å². The number of esters is 1. The molecule has 0 radical (unpaired) electrons. The number of aliphatic hydroxyl groups is 1. The van der Waals surface area contributed by atoms with Crippen molar-refractivity contribution in [2.75, 3.05) is 30.3 Å². The zero-order valence-electron chi connectivity index (χ0n) is 16.2. The lowest BCUT2D eigenvalue weighted by atomic mass is 10.1. The molecule has 1 fully saturated rings. The molecular formula is C20H17F3N4O4. The van der Waals surface area contributed by atoms with Gasteiger partial charge in [-0.1, -0.05) is 0 Å². The summed E-state index contributed by atoms with van der Waals surface area (Å²) in [5.41, 5.74) is 4.59. The Morgan fingerprint density at radius 2 is 1.90 bits per heavy atom. The number of fused-ring (bicyclic) bond motifs is 1. The van der Waals surface area contributed by atoms with E-state index in [9.17, 15) is 23.5 Å². The van der Waals surface area contributed by atoms with Crippen molar-refractivity contribution in [3.8, 4) is 5.82 Å². The molecule has 1 aromatic carbocycles. The summed E-state index contributed by atoms with van der Waals surface area (Å²) in [5.74, 6) is -5.00. The first-order chi connectivity index (χ1) is 14.7. The van der Waals surface area contributed by atoms with Gasteiger partial charge in [-0.2, -0.15) is 0 Å². The number of aromatic nitrogens is 2. The van der Waals surface area contributed by atoms with E-state index in [-0.39, 0.29) is 42.1 Å². The van der Waals surface area contributed by atoms with Crippen LogP contribution in [0.3, 0.4) is 0 Å². The van der Waals surface area contributed by atoms with Crippen molar-refractivity contribution in [3.05, 3.63) is 57.6 Å². The summed E-state index contributed by atoms with van der Waals surface area (Å²) in [5, 5.41) is 9.09. The summed E-state index contributed by atoms with van der Waals surface area (Å²) >= 11 is 0. The number of carbonyl (C=O) groups is 1. The number of ether oxygens (including phenoxy) is 1. The third-order valence-electron chi connectivity index (χ3n) is 4.94. The fourth-order valence-electron chi connectivity index (χ4n) is 3.41. The molecule has 4 rings (SSSR count). The maximum Gasteiger partial charge on any atom is 0.343 e. The van der Waals surface area contributed by atoms with E-state index in [1.807, 2.05) is 0 Å². The molecule has 3 aromatic rings. The van der Waals surface area contributed by atoms with Crippen LogP contribution >= 0.6 is 0 Å². The summed E-state index contributed by atoms with van der Waals surface area (Å²) in [4.78, 5) is 30.6. The molecule has 2 aromatic heterocycles. The number of rotatable bonds is 4. The standard InChI is InChI=1S/C20H17F3N4O4/c1-2-31-20(30)11-8-27(15-4-13(22)12(21)3-10(15)17(11)29)19-14(23)5-16(18(24)25-19)26-6-9(28)7-26/h3-5,8-9,28H,2,6-7H2,1H3,(H2,24,25). The Hall–Kier alpha value is -3.60. The first-order valence-corrected chi connectivity index (χ1v) is 9.32. The molecule has 162 valence electrons. The van der Waals surface area contributed by atoms with E-state index >= 15 is 4.39 Å². The van der Waals surface area contributed by atoms with Gasteiger partial charge in [0.15, 0.2) is 23.3 Å². The second-order valence-corrected chi connectivity index (χ2v) is 7.00. The molecule has 0 spiro atoms. The Morgan fingerprint density at radius 1 is 1.23 bits per heavy atom. The fraction of sp³-hybridized carbons (Fsp3) is 0.250. The quantitative estimate of drug-likeness (QED) is 0.602. The Labute approximate surface area is 173 Å². The minimum Gasteiger partial charge on any atom is -0.462 e. The number of aliphatic hydroxyl groups excluding tert-OH is 1. The van der Waals surface area contributed by atoms with Crippen LogP contribution in [0.5, 0.6) is 0 Å². The van der Waals surface area contributed by atoms with Gasteiger partial charge in [-0.25, -0.2) is 22.9 Å². The largest absolute Gasteiger partial charge is 0.462 e. The topological polar surface area (TPSA) is 111 Å². The van der Waals surface area contributed by atoms with Crippen molar-refractivity contribution in [3.63, 3.8) is 0 Å². The van der Waals surface area contributed by atoms with Crippen molar-refractivity contribution in [2.45, 2.75) is 13.0 Å². The molecule has 11 heteroatoms. The number of β-amino-alcohol motifs (C(OH)–C–C–N with tert-alkyl or cyclic N) is 1. The Bertz CT molecular complexity index is 1270. The summed E-state index contributed by atoms with van der Waals surface area (Å²) in [7, 11) is 0. The molecule has 0 amide bonds. The van der Waals surface area contributed by atoms with Crippen molar-refractivity contribution in [2.24, 2.45) is 0 Å². The van der Waals surface area contributed by atoms with Gasteiger partial charge in [-0.3, -0.25) is 9.36 Å². The lowest BCUT2D eigenvalue weighted by Gasteiger charge is -2.38. The smallest absolute Gasteiger partial charge is 0.343 e. The minimum absolute atomic E-state index is 0.0377. The predicted octanol–water partition coefficient (Wildman–Crippen LogP) is 1.74. The number of pyridine rings is 2. The molecule has 8 nitrogen and oxygen atoms in total. The average molecular weight is 434 g/mol. The second kappa shape index (κ2) is 7.58. The number of carbonyl (C=O) groups excluding carboxylic acids is 1. The van der Waals surface area contributed by atoms with Crippen LogP contribution < -0.4 is 16.1 Å². The van der Waals surface area contributed by atoms with Gasteiger partial charge in [0, 0.05) is 31.4 Å². The van der Waals surface area contributed by atoms with Crippen LogP contribution in [0.25, 0.3) is 16.7 Å². The molecule has 1 saturated heterocycles. The molecule has 0 saturated carbocycles. The Balaban J connectivity index is 1.97. The van der Waals surface area contributed by atoms with E-state index in [4.69, 9.17) is 10.5 Å². The van der Waals surface area contributed by atoms with E-state index in [1.165, 1.54) is 6.92 Å². The van der Waals surface area contributed by atoms with Gasteiger partial charge in [-0.05, 0) is 13.0 Å². The lowest BCUT2D eigenvalue weighted by molar-refractivity contribution is 0.0524. The molecule has 1 aliphatic heterocycles. The predicted molar refractivity (Wildman–Crippen MR) is 106 cm³/mol. The highest BCUT2D eigenvalue weighted by molar-refractivity contribution is 5.94. The Morgan fingerprint density at radius 3 is 2.55 bits per heavy atom. The second-order valence-electron chi connectivity index (χ2n) is 7.00. The molecule has 0 unspecified atom stereocenters. The summed E-state index contributed by atoms with van der Waals surface area (Å²) < 4.78 is 48.6. The van der Waals surface area contributed by atoms with Crippen LogP contribution in [0.15, 0.2) is 29.2 Å². The van der Waals surface area contributed by atoms with E-state index < -0.39 is 46.3 Å². The molecule has 3 heterocycles. The first kappa shape index (κ1) is 20.7. The molecule has 31 heavy (non-hydrogen) atoms. The SMILES string of the molecule is CCOC(=O)c1cn(-c2nc(N)c(N3CC(O)C3)cc2F)c2cc(F)c(F)cc2c1=O. The van der Waals surface area contributed by atoms with Crippen molar-refractivity contribution in [1.29, 1.82) is 0 Å². The maximum atomic E-state index is 15.0. The highest BCUT2D eigenvalue weighted by Gasteiger charge is 2.28. The number of halogens is 3. The average Bonchev–Trinajstić information content (AvgIpc) is 2.69. The van der Waals surface area contributed by atoms with Gasteiger partial charge >= 0.3 is 5.97 Å². The molecule has 0 atom stereocenters. The van der Waals surface area contributed by atoms with Crippen molar-refractivity contribution < 1.29 is 27.8 Å². The van der Waals surface area contributed by atoms with Gasteiger partial charge in [0.2, 0.25) is 5.43 Å². The van der Waals surface area contributed by atoms with Crippen LogP contribution in [-0.4, -0.2) is 46.4 Å². The Kier molecular flexibility index (Phi) is 5.05. The van der Waals surface area contributed by atoms with Crippen LogP contribution in [0, 0.1) is 17.5 Å². The number of hydrogen-bond acceptors (Lipinski definition) is 7. The highest BCUT2D eigenvalue weighted by Crippen LogP contribution is 2.30. The number of nitrogen functional groups attached to an aromatic ring is 1. The van der Waals surface area contributed by atoms with Crippen LogP contribution in [0.4, 0.5) is 24.7 Å². The lowest BCUT2D eigenvalue weighted by Crippen LogP contribution is -2.51. The monoisotopic (exact) mass is 434 g/mol. The number of hydrogen-bond donors (Lipinski definition) is 2. The number of nitrogens with two attached hydrogens (primary N) is 1. The van der Waals surface area contributed by atoms with Gasteiger partial charge in [-0.15, -0.1) is 0 Å². The van der Waals surface area contributed by atoms with Gasteiger partial charge in [0.05, 0.1) is 29.3 Å². The van der Waals surface area contributed by atoms with Gasteiger partial charge < -0.3 is 20.5 Å². The minimum atomic E-state index is -1.31. The molecule has 0 aliphatic carbocycles. The summed E-state index contributed by atoms with van der Waals surface area (Å²) in [6, 6.07) is 2.42. The van der Waals surface area contributed by atoms with E-state index in [0.29, 0.717) is 12.1 Å². The molecule has 3 N–H and O–H groups in total. The zero-order chi connectivity index (χ0) is 22.4. The number of benzene rings is 1. The van der Waals surface area contributed by atoms with E-state index in [1.54, 1.807) is 4.90 Å². The highest BCUT2D eigenvalue weighted by atomic mass is 19.2. The normalized spacial score (nSPS) is 14.0. The summed E-state index contributed by atoms with van der Waals surface area (Å²) in [6.07, 6.45) is 0.396. The fourth-order valence-corrected chi connectivity index (χ4v) is 3.41. The zero-order valence-corrected chi connectivity index (χ0v) is 16.2. The van der Waals surface area contributed by atoms with E-state index in [2.05, 4.69) is 4.98 Å². The number of anilines is 2. The van der Waals surface area contributed by atoms with Crippen molar-refractivity contribution >= 4 is 28.4 Å². The summed E-state index contributed by atoms with van der Waals surface area (Å²) in [6.45, 7) is 2.00. The maximum absolute atomic E-state index is 15.0. The van der Waals surface area contributed by atoms with Crippen molar-refractivity contribution in [1.82, 2.24) is 9.55 Å². The third-order valence-corrected chi connectivity index (χ3v) is 4.94. The van der Waals surface area contributed by atoms with E-state index in [0.717, 1.165) is 16.8 Å².